The van der Waals surface area contributed by atoms with Crippen molar-refractivity contribution in [3.05, 3.63) is 30.1 Å². The number of nitrogens with zero attached hydrogens (tertiary/aromatic N) is 1. The van der Waals surface area contributed by atoms with Crippen molar-refractivity contribution in [3.63, 3.8) is 0 Å². The number of aromatic nitrogens is 1. The third-order valence-corrected chi connectivity index (χ3v) is 2.24. The van der Waals surface area contributed by atoms with Crippen LogP contribution in [0.2, 0.25) is 0 Å². The lowest BCUT2D eigenvalue weighted by Crippen LogP contribution is -2.26. The Hall–Kier alpha value is -0.930. The minimum absolute atomic E-state index is 0.285. The molecule has 0 saturated carbocycles. The van der Waals surface area contributed by atoms with Crippen LogP contribution in [-0.4, -0.2) is 24.7 Å². The maximum atomic E-state index is 5.46. The van der Waals surface area contributed by atoms with Gasteiger partial charge in [-0.25, -0.2) is 0 Å². The summed E-state index contributed by atoms with van der Waals surface area (Å²) >= 11 is 0. The Bertz CT molecular complexity index is 243. The third-order valence-electron chi connectivity index (χ3n) is 2.24. The van der Waals surface area contributed by atoms with Crippen molar-refractivity contribution >= 4 is 0 Å². The quantitative estimate of drug-likeness (QED) is 0.745. The summed E-state index contributed by atoms with van der Waals surface area (Å²) in [5.74, 6) is 0. The highest BCUT2D eigenvalue weighted by molar-refractivity contribution is 5.14. The van der Waals surface area contributed by atoms with E-state index in [0.717, 1.165) is 26.2 Å². The van der Waals surface area contributed by atoms with Crippen LogP contribution in [0.5, 0.6) is 0 Å². The van der Waals surface area contributed by atoms with Gasteiger partial charge >= 0.3 is 0 Å². The number of nitrogens with one attached hydrogen (secondary N) is 1. The van der Waals surface area contributed by atoms with Gasteiger partial charge in [-0.05, 0) is 37.6 Å². The third kappa shape index (κ3) is 4.40. The molecule has 0 radical (unpaired) electrons. The van der Waals surface area contributed by atoms with Crippen LogP contribution < -0.4 is 5.32 Å². The number of pyridine rings is 1. The van der Waals surface area contributed by atoms with Crippen molar-refractivity contribution in [1.82, 2.24) is 10.3 Å². The summed E-state index contributed by atoms with van der Waals surface area (Å²) in [7, 11) is 0. The summed E-state index contributed by atoms with van der Waals surface area (Å²) in [6.07, 6.45) is 4.78. The summed E-state index contributed by atoms with van der Waals surface area (Å²) in [6.45, 7) is 6.68. The molecule has 0 amide bonds. The average Bonchev–Trinajstić information content (AvgIpc) is 2.30. The van der Waals surface area contributed by atoms with Gasteiger partial charge in [-0.3, -0.25) is 4.98 Å². The molecule has 0 aliphatic heterocycles. The molecule has 1 atom stereocenters. The second-order valence-corrected chi connectivity index (χ2v) is 3.45. The molecule has 1 aromatic rings. The Balaban J connectivity index is 2.55. The van der Waals surface area contributed by atoms with Crippen LogP contribution in [0.4, 0.5) is 0 Å². The predicted octanol–water partition coefficient (Wildman–Crippen LogP) is 2.16. The van der Waals surface area contributed by atoms with E-state index in [1.165, 1.54) is 5.56 Å². The first-order valence-corrected chi connectivity index (χ1v) is 5.59. The first-order valence-electron chi connectivity index (χ1n) is 5.59. The standard InChI is InChI=1S/C12H20N2O/c1-3-7-14-12(10-15-4-2)11-5-8-13-9-6-11/h5-6,8-9,12,14H,3-4,7,10H2,1-2H3. The zero-order valence-corrected chi connectivity index (χ0v) is 9.57. The normalized spacial score (nSPS) is 12.7. The highest BCUT2D eigenvalue weighted by Crippen LogP contribution is 2.11. The Labute approximate surface area is 91.9 Å². The van der Waals surface area contributed by atoms with Gasteiger partial charge in [0.25, 0.3) is 0 Å². The molecule has 1 aromatic heterocycles. The van der Waals surface area contributed by atoms with E-state index in [1.807, 2.05) is 31.5 Å². The molecule has 3 heteroatoms. The molecule has 0 spiro atoms. The minimum Gasteiger partial charge on any atom is -0.380 e. The van der Waals surface area contributed by atoms with Crippen LogP contribution in [-0.2, 0) is 4.74 Å². The van der Waals surface area contributed by atoms with Gasteiger partial charge in [0.2, 0.25) is 0 Å². The first kappa shape index (κ1) is 12.1. The van der Waals surface area contributed by atoms with E-state index in [-0.39, 0.29) is 6.04 Å². The Morgan fingerprint density at radius 1 is 1.33 bits per heavy atom. The van der Waals surface area contributed by atoms with Crippen molar-refractivity contribution in [2.45, 2.75) is 26.3 Å². The largest absolute Gasteiger partial charge is 0.380 e. The molecular formula is C12H20N2O. The van der Waals surface area contributed by atoms with E-state index in [2.05, 4.69) is 17.2 Å². The lowest BCUT2D eigenvalue weighted by atomic mass is 10.1. The Kier molecular flexibility index (Phi) is 5.97. The van der Waals surface area contributed by atoms with Crippen LogP contribution >= 0.6 is 0 Å². The molecule has 84 valence electrons. The van der Waals surface area contributed by atoms with E-state index >= 15 is 0 Å². The van der Waals surface area contributed by atoms with Crippen LogP contribution in [0.15, 0.2) is 24.5 Å². The zero-order valence-electron chi connectivity index (χ0n) is 9.57. The van der Waals surface area contributed by atoms with Crippen LogP contribution in [0.25, 0.3) is 0 Å². The summed E-state index contributed by atoms with van der Waals surface area (Å²) in [6, 6.07) is 4.35. The molecule has 0 bridgehead atoms. The van der Waals surface area contributed by atoms with Gasteiger partial charge in [0.15, 0.2) is 0 Å². The molecule has 0 saturated heterocycles. The van der Waals surface area contributed by atoms with Crippen molar-refractivity contribution in [2.75, 3.05) is 19.8 Å². The van der Waals surface area contributed by atoms with E-state index in [1.54, 1.807) is 0 Å². The van der Waals surface area contributed by atoms with Crippen molar-refractivity contribution < 1.29 is 4.74 Å². The van der Waals surface area contributed by atoms with Crippen LogP contribution in [0.3, 0.4) is 0 Å². The molecule has 3 nitrogen and oxygen atoms in total. The molecule has 0 aromatic carbocycles. The molecule has 1 rings (SSSR count). The molecule has 0 fully saturated rings. The molecule has 0 aliphatic carbocycles. The topological polar surface area (TPSA) is 34.1 Å². The Morgan fingerprint density at radius 2 is 2.07 bits per heavy atom. The minimum atomic E-state index is 0.285. The van der Waals surface area contributed by atoms with Gasteiger partial charge < -0.3 is 10.1 Å². The van der Waals surface area contributed by atoms with Gasteiger partial charge in [0.1, 0.15) is 0 Å². The van der Waals surface area contributed by atoms with Crippen molar-refractivity contribution in [2.24, 2.45) is 0 Å². The van der Waals surface area contributed by atoms with E-state index in [9.17, 15) is 0 Å². The monoisotopic (exact) mass is 208 g/mol. The van der Waals surface area contributed by atoms with Gasteiger partial charge in [0, 0.05) is 19.0 Å². The lowest BCUT2D eigenvalue weighted by molar-refractivity contribution is 0.123. The number of rotatable bonds is 7. The average molecular weight is 208 g/mol. The molecule has 0 aliphatic rings. The summed E-state index contributed by atoms with van der Waals surface area (Å²) < 4.78 is 5.46. The molecule has 1 N–H and O–H groups in total. The second kappa shape index (κ2) is 7.37. The van der Waals surface area contributed by atoms with Gasteiger partial charge in [0.05, 0.1) is 12.6 Å². The highest BCUT2D eigenvalue weighted by atomic mass is 16.5. The fraction of sp³-hybridized carbons (Fsp3) is 0.583. The predicted molar refractivity (Wildman–Crippen MR) is 61.8 cm³/mol. The van der Waals surface area contributed by atoms with E-state index in [4.69, 9.17) is 4.74 Å². The van der Waals surface area contributed by atoms with Crippen molar-refractivity contribution in [3.8, 4) is 0 Å². The van der Waals surface area contributed by atoms with Gasteiger partial charge in [-0.1, -0.05) is 6.92 Å². The Morgan fingerprint density at radius 3 is 2.67 bits per heavy atom. The second-order valence-electron chi connectivity index (χ2n) is 3.45. The van der Waals surface area contributed by atoms with Gasteiger partial charge in [-0.2, -0.15) is 0 Å². The smallest absolute Gasteiger partial charge is 0.0661 e. The lowest BCUT2D eigenvalue weighted by Gasteiger charge is -2.18. The maximum Gasteiger partial charge on any atom is 0.0661 e. The summed E-state index contributed by atoms with van der Waals surface area (Å²) in [4.78, 5) is 4.02. The number of ether oxygens (including phenoxy) is 1. The van der Waals surface area contributed by atoms with Gasteiger partial charge in [-0.15, -0.1) is 0 Å². The van der Waals surface area contributed by atoms with E-state index < -0.39 is 0 Å². The fourth-order valence-electron chi connectivity index (χ4n) is 1.42. The van der Waals surface area contributed by atoms with Crippen LogP contribution in [0.1, 0.15) is 31.9 Å². The summed E-state index contributed by atoms with van der Waals surface area (Å²) in [5.41, 5.74) is 1.24. The maximum absolute atomic E-state index is 5.46. The van der Waals surface area contributed by atoms with E-state index in [0.29, 0.717) is 0 Å². The summed E-state index contributed by atoms with van der Waals surface area (Å²) in [5, 5.41) is 3.47. The molecule has 1 heterocycles. The first-order chi connectivity index (χ1) is 7.38. The number of hydrogen-bond acceptors (Lipinski definition) is 3. The molecule has 15 heavy (non-hydrogen) atoms. The molecular weight excluding hydrogens is 188 g/mol. The SMILES string of the molecule is CCCNC(COCC)c1ccncc1. The highest BCUT2D eigenvalue weighted by Gasteiger charge is 2.09. The number of hydrogen-bond donors (Lipinski definition) is 1. The molecule has 1 unspecified atom stereocenters. The van der Waals surface area contributed by atoms with Crippen LogP contribution in [0, 0.1) is 0 Å². The van der Waals surface area contributed by atoms with Crippen molar-refractivity contribution in [1.29, 1.82) is 0 Å². The fourth-order valence-corrected chi connectivity index (χ4v) is 1.42. The zero-order chi connectivity index (χ0) is 10.9.